The fourth-order valence-electron chi connectivity index (χ4n) is 14.1. The molecule has 9 aliphatic heterocycles. The maximum atomic E-state index is 14.1. The van der Waals surface area contributed by atoms with Gasteiger partial charge in [-0.15, -0.1) is 0 Å². The van der Waals surface area contributed by atoms with Crippen molar-refractivity contribution < 1.29 is 223 Å². The largest absolute Gasteiger partial charge is 0.477 e. The van der Waals surface area contributed by atoms with Crippen molar-refractivity contribution in [2.45, 2.75) is 330 Å². The van der Waals surface area contributed by atoms with Crippen LogP contribution in [0.4, 0.5) is 0 Å². The fraction of sp³-hybridized carbons (Fsp3) is 0.951. The molecule has 47 heteroatoms. The van der Waals surface area contributed by atoms with E-state index in [4.69, 9.17) is 80.5 Å². The number of hydrogen-bond donors (Lipinski definition) is 27. The highest BCUT2D eigenvalue weighted by molar-refractivity contribution is 5.76. The van der Waals surface area contributed by atoms with Crippen LogP contribution >= 0.6 is 0 Å². The van der Waals surface area contributed by atoms with E-state index in [0.717, 1.165) is 13.8 Å². The predicted molar refractivity (Wildman–Crippen MR) is 332 cm³/mol. The monoisotopic (exact) mass is 1580 g/mol. The summed E-state index contributed by atoms with van der Waals surface area (Å²) in [7, 11) is 0. The standard InChI is InChI=1S/C61H102N2O45/c1-13-27(71)36(80)40(84)54(93-13)104-47-26(63-18(6)69)53(101-23(11-67)45(47)102-57-43(87)39(83)32(76)21(9-65)99-57)92-12-24-35(79)46(25(52(89)97-24)62-17(5)68)103-58-44(88)49(34(78)22(10-66)100-58)108-61(60(90)91)7-20(33(77)48(107-61)31(75)19(70)8-64)98-59-51(106-56-42(86)38(82)29(73)15(3)95-56)50(30(74)16(4)96-59)105-55-41(85)37(81)28(72)14(2)94-55/h13-16,19-59,64-67,70-89H,7-12H2,1-6H3,(H,62,68)(H,63,69)(H,90,91)/t13-,14-,15-,16-,19+,20-,21+,22+,23+,24+,25+,26+,27+,28+,29+,30+,31+,32-,33+,34-,35-,36+,37+,38+,39-,40-,41-,42-,43+,44+,45+,46+,47+,48-,49-,50+,51-,52-,53+,54-,55-,56-,57-,58-,59-,61-/m0/s1. The molecule has 0 aromatic rings. The van der Waals surface area contributed by atoms with E-state index in [1.165, 1.54) is 27.7 Å². The lowest BCUT2D eigenvalue weighted by molar-refractivity contribution is -0.409. The van der Waals surface area contributed by atoms with E-state index < -0.39 is 339 Å². The number of ether oxygens (including phenoxy) is 17. The number of aliphatic hydroxyl groups excluding tert-OH is 24. The molecule has 46 atom stereocenters. The molecule has 0 saturated carbocycles. The summed E-state index contributed by atoms with van der Waals surface area (Å²) in [4.78, 5) is 40.1. The smallest absolute Gasteiger partial charge is 0.364 e. The van der Waals surface area contributed by atoms with Gasteiger partial charge in [-0.1, -0.05) is 0 Å². The zero-order valence-corrected chi connectivity index (χ0v) is 58.6. The molecule has 27 N–H and O–H groups in total. The third kappa shape index (κ3) is 18.7. The van der Waals surface area contributed by atoms with Crippen LogP contribution in [0.15, 0.2) is 0 Å². The number of aliphatic hydroxyl groups is 24. The Balaban J connectivity index is 1.01. The van der Waals surface area contributed by atoms with Gasteiger partial charge < -0.3 is 219 Å². The van der Waals surface area contributed by atoms with E-state index >= 15 is 0 Å². The number of nitrogens with one attached hydrogen (secondary N) is 2. The van der Waals surface area contributed by atoms with E-state index in [9.17, 15) is 142 Å². The van der Waals surface area contributed by atoms with Crippen molar-refractivity contribution in [1.82, 2.24) is 10.6 Å². The summed E-state index contributed by atoms with van der Waals surface area (Å²) < 4.78 is 101. The van der Waals surface area contributed by atoms with Crippen LogP contribution in [-0.4, -0.2) is 460 Å². The highest BCUT2D eigenvalue weighted by Crippen LogP contribution is 2.43. The van der Waals surface area contributed by atoms with Crippen LogP contribution in [0.3, 0.4) is 0 Å². The first-order valence-corrected chi connectivity index (χ1v) is 34.7. The molecule has 47 nitrogen and oxygen atoms in total. The lowest BCUT2D eigenvalue weighted by atomic mass is 9.89. The van der Waals surface area contributed by atoms with E-state index in [2.05, 4.69) is 10.6 Å². The Hall–Kier alpha value is -3.23. The van der Waals surface area contributed by atoms with E-state index in [1.54, 1.807) is 0 Å². The number of aliphatic carboxylic acids is 1. The average molecular weight is 1580 g/mol. The Morgan fingerprint density at radius 3 is 1.30 bits per heavy atom. The molecule has 626 valence electrons. The zero-order valence-electron chi connectivity index (χ0n) is 58.6. The second-order valence-corrected chi connectivity index (χ2v) is 28.1. The number of carbonyl (C=O) groups is 3. The second kappa shape index (κ2) is 37.1. The molecular formula is C61H102N2O45. The third-order valence-corrected chi connectivity index (χ3v) is 20.4. The minimum atomic E-state index is -3.57. The summed E-state index contributed by atoms with van der Waals surface area (Å²) in [6.07, 6.45) is -89.1. The molecule has 9 fully saturated rings. The van der Waals surface area contributed by atoms with Gasteiger partial charge in [0, 0.05) is 20.3 Å². The highest BCUT2D eigenvalue weighted by atomic mass is 16.8. The van der Waals surface area contributed by atoms with Crippen LogP contribution in [0, 0.1) is 0 Å². The lowest BCUT2D eigenvalue weighted by Gasteiger charge is -2.52. The van der Waals surface area contributed by atoms with Crippen LogP contribution in [0.2, 0.25) is 0 Å². The van der Waals surface area contributed by atoms with Gasteiger partial charge >= 0.3 is 5.97 Å². The van der Waals surface area contributed by atoms with Gasteiger partial charge in [-0.2, -0.15) is 0 Å². The summed E-state index contributed by atoms with van der Waals surface area (Å²) in [6, 6.07) is -3.78. The lowest BCUT2D eigenvalue weighted by Crippen LogP contribution is -2.71. The van der Waals surface area contributed by atoms with Gasteiger partial charge in [0.1, 0.15) is 195 Å². The van der Waals surface area contributed by atoms with Crippen molar-refractivity contribution in [1.29, 1.82) is 0 Å². The van der Waals surface area contributed by atoms with Crippen molar-refractivity contribution >= 4 is 17.8 Å². The summed E-state index contributed by atoms with van der Waals surface area (Å²) in [5.74, 6) is -7.73. The molecule has 0 spiro atoms. The number of carboxylic acids is 1. The first kappa shape index (κ1) is 88.7. The maximum absolute atomic E-state index is 14.1. The first-order chi connectivity index (χ1) is 50.7. The van der Waals surface area contributed by atoms with Gasteiger partial charge in [-0.3, -0.25) is 9.59 Å². The van der Waals surface area contributed by atoms with Gasteiger partial charge in [0.05, 0.1) is 63.6 Å². The van der Waals surface area contributed by atoms with Crippen molar-refractivity contribution in [3.63, 3.8) is 0 Å². The quantitative estimate of drug-likeness (QED) is 0.0382. The van der Waals surface area contributed by atoms with E-state index in [0.29, 0.717) is 0 Å². The van der Waals surface area contributed by atoms with Gasteiger partial charge in [-0.25, -0.2) is 4.79 Å². The van der Waals surface area contributed by atoms with Crippen LogP contribution < -0.4 is 10.6 Å². The topological polar surface area (TPSA) is 738 Å². The summed E-state index contributed by atoms with van der Waals surface area (Å²) in [5.41, 5.74) is 0. The third-order valence-electron chi connectivity index (χ3n) is 20.4. The minimum absolute atomic E-state index is 0.913. The Kier molecular flexibility index (Phi) is 30.5. The van der Waals surface area contributed by atoms with Crippen molar-refractivity contribution in [3.8, 4) is 0 Å². The maximum Gasteiger partial charge on any atom is 0.364 e. The number of amides is 2. The van der Waals surface area contributed by atoms with Crippen molar-refractivity contribution in [2.75, 3.05) is 33.0 Å². The van der Waals surface area contributed by atoms with Gasteiger partial charge in [0.15, 0.2) is 50.3 Å². The minimum Gasteiger partial charge on any atom is -0.477 e. The zero-order chi connectivity index (χ0) is 79.9. The molecule has 0 bridgehead atoms. The molecule has 9 heterocycles. The Morgan fingerprint density at radius 2 is 0.806 bits per heavy atom. The van der Waals surface area contributed by atoms with Crippen LogP contribution in [0.5, 0.6) is 0 Å². The Morgan fingerprint density at radius 1 is 0.398 bits per heavy atom. The molecule has 2 amide bonds. The molecule has 9 saturated heterocycles. The van der Waals surface area contributed by atoms with Crippen LogP contribution in [0.25, 0.3) is 0 Å². The average Bonchev–Trinajstić information content (AvgIpc) is 0.752. The SMILES string of the molecule is CC(=O)N[C@@H]1[C@@H](O[C@@H]2O[C@H](CO)[C@H](O)[C@H](O[C@]3(C(=O)O)C[C@H](O[C@@H]4O[C@@H](C)[C@@H](O)[C@@H](O[C@@H]5O[C@@H](C)[C@@H](O)[C@@H](O)[C@@H]5O)[C@@H]4O[C@@H]4O[C@@H](C)[C@@H](O)[C@@H](O)[C@@H]4O)[C@@H](O)[C@H]([C@H](O)[C@H](O)CO)O3)[C@H]2O)[C@@H](O)[C@@H](CO[C@@H]2O[C@H](CO)[C@@H](O[C@@H]3O[C@H](CO)[C@H](O)[C@H](O)[C@H]3O)[C@H](O[C@@H]3O[C@@H](C)[C@@H](O)[C@@H](O)[C@@H]3O)[C@H]2NC(C)=O)O[C@@H]1O. The number of carbonyl (C=O) groups excluding carboxylic acids is 2. The Labute approximate surface area is 612 Å². The molecule has 9 aliphatic rings. The highest BCUT2D eigenvalue weighted by Gasteiger charge is 2.64. The van der Waals surface area contributed by atoms with Crippen LogP contribution in [0.1, 0.15) is 48.0 Å². The number of hydrogen-bond acceptors (Lipinski definition) is 44. The van der Waals surface area contributed by atoms with Gasteiger partial charge in [0.25, 0.3) is 5.79 Å². The van der Waals surface area contributed by atoms with Crippen molar-refractivity contribution in [3.05, 3.63) is 0 Å². The molecule has 9 rings (SSSR count). The summed E-state index contributed by atoms with van der Waals surface area (Å²) in [6.45, 7) is 1.15. The van der Waals surface area contributed by atoms with E-state index in [-0.39, 0.29) is 0 Å². The van der Waals surface area contributed by atoms with Crippen molar-refractivity contribution in [2.24, 2.45) is 0 Å². The summed E-state index contributed by atoms with van der Waals surface area (Å²) >= 11 is 0. The molecule has 0 radical (unpaired) electrons. The molecule has 108 heavy (non-hydrogen) atoms. The van der Waals surface area contributed by atoms with Gasteiger partial charge in [0.2, 0.25) is 11.8 Å². The van der Waals surface area contributed by atoms with Gasteiger partial charge in [-0.05, 0) is 27.7 Å². The first-order valence-electron chi connectivity index (χ1n) is 34.7. The fourth-order valence-corrected chi connectivity index (χ4v) is 14.1. The molecular weight excluding hydrogens is 1480 g/mol. The summed E-state index contributed by atoms with van der Waals surface area (Å²) in [5, 5.41) is 282. The molecule has 0 aliphatic carbocycles. The molecule has 0 aromatic heterocycles. The Bertz CT molecular complexity index is 2870. The number of rotatable bonds is 26. The van der Waals surface area contributed by atoms with E-state index in [1.807, 2.05) is 0 Å². The molecule has 0 unspecified atom stereocenters. The normalized spacial score (nSPS) is 51.0. The molecule has 0 aromatic carbocycles. The predicted octanol–water partition coefficient (Wildman–Crippen LogP) is -17.0. The number of carboxylic acid groups (broad SMARTS) is 1. The second-order valence-electron chi connectivity index (χ2n) is 28.1. The van der Waals surface area contributed by atoms with Crippen LogP contribution in [-0.2, 0) is 94.9 Å².